The first-order chi connectivity index (χ1) is 19.3. The van der Waals surface area contributed by atoms with E-state index in [1.807, 2.05) is 83.9 Å². The molecule has 0 radical (unpaired) electrons. The van der Waals surface area contributed by atoms with E-state index in [2.05, 4.69) is 34.1 Å². The first-order valence-electron chi connectivity index (χ1n) is 14.8. The van der Waals surface area contributed by atoms with Gasteiger partial charge in [-0.25, -0.2) is 0 Å². The van der Waals surface area contributed by atoms with E-state index in [-0.39, 0.29) is 17.2 Å². The van der Waals surface area contributed by atoms with Gasteiger partial charge < -0.3 is 14.4 Å². The van der Waals surface area contributed by atoms with Crippen molar-refractivity contribution in [3.63, 3.8) is 0 Å². The second kappa shape index (κ2) is 14.1. The molecule has 41 heavy (non-hydrogen) atoms. The molecule has 7 heteroatoms. The molecule has 1 aliphatic rings. The Balaban J connectivity index is 1.50. The van der Waals surface area contributed by atoms with Crippen LogP contribution >= 0.6 is 0 Å². The minimum absolute atomic E-state index is 0.127. The van der Waals surface area contributed by atoms with Crippen LogP contribution < -0.4 is 4.90 Å². The van der Waals surface area contributed by atoms with Gasteiger partial charge in [-0.1, -0.05) is 30.3 Å². The monoisotopic (exact) mass is 565 g/mol. The van der Waals surface area contributed by atoms with Gasteiger partial charge >= 0.3 is 0 Å². The van der Waals surface area contributed by atoms with Crippen molar-refractivity contribution in [3.8, 4) is 0 Å². The maximum absolute atomic E-state index is 13.7. The molecule has 1 heterocycles. The van der Waals surface area contributed by atoms with Gasteiger partial charge in [-0.3, -0.25) is 19.4 Å². The van der Waals surface area contributed by atoms with Gasteiger partial charge in [-0.05, 0) is 91.4 Å². The Labute approximate surface area is 247 Å². The Hall–Kier alpha value is -2.58. The molecule has 2 aromatic carbocycles. The highest BCUT2D eigenvalue weighted by atomic mass is 16.5. The molecular formula is C34H51N3O4. The van der Waals surface area contributed by atoms with Gasteiger partial charge in [0, 0.05) is 57.5 Å². The molecule has 1 atom stereocenters. The van der Waals surface area contributed by atoms with Crippen molar-refractivity contribution in [2.24, 2.45) is 0 Å². The van der Waals surface area contributed by atoms with Gasteiger partial charge in [0.25, 0.3) is 0 Å². The SMILES string of the molecule is COC(C)(C)CCOC(C)(C)C(=O)CCN1CCN(c2ccc(C(=O)C(C)(Cc3ccccc3)N(C)C)cc2)CC1. The van der Waals surface area contributed by atoms with Crippen LogP contribution in [0.15, 0.2) is 54.6 Å². The standard InChI is InChI=1S/C34H51N3O4/c1-32(2,40-8)19-25-41-33(3,4)30(38)18-20-36-21-23-37(24-22-36)29-16-14-28(15-17-29)31(39)34(5,35(6)7)26-27-12-10-9-11-13-27/h9-17H,18-26H2,1-8H3. The molecule has 1 unspecified atom stereocenters. The van der Waals surface area contributed by atoms with Crippen molar-refractivity contribution < 1.29 is 19.1 Å². The van der Waals surface area contributed by atoms with Crippen LogP contribution in [0.2, 0.25) is 0 Å². The Bertz CT molecular complexity index is 1120. The maximum atomic E-state index is 13.7. The summed E-state index contributed by atoms with van der Waals surface area (Å²) in [4.78, 5) is 33.3. The molecular weight excluding hydrogens is 514 g/mol. The van der Waals surface area contributed by atoms with Crippen LogP contribution in [0.3, 0.4) is 0 Å². The summed E-state index contributed by atoms with van der Waals surface area (Å²) in [5, 5.41) is 0. The van der Waals surface area contributed by atoms with Crippen LogP contribution in [0.4, 0.5) is 5.69 Å². The van der Waals surface area contributed by atoms with Crippen LogP contribution in [-0.2, 0) is 20.7 Å². The number of ketones is 2. The van der Waals surface area contributed by atoms with Crippen molar-refractivity contribution in [1.82, 2.24) is 9.80 Å². The lowest BCUT2D eigenvalue weighted by molar-refractivity contribution is -0.142. The summed E-state index contributed by atoms with van der Waals surface area (Å²) in [6.07, 6.45) is 1.87. The van der Waals surface area contributed by atoms with E-state index in [0.717, 1.165) is 56.0 Å². The summed E-state index contributed by atoms with van der Waals surface area (Å²) in [5.74, 6) is 0.258. The van der Waals surface area contributed by atoms with E-state index < -0.39 is 11.1 Å². The summed E-state index contributed by atoms with van der Waals surface area (Å²) < 4.78 is 11.4. The van der Waals surface area contributed by atoms with Gasteiger partial charge in [0.05, 0.1) is 17.7 Å². The van der Waals surface area contributed by atoms with Crippen LogP contribution in [-0.4, -0.2) is 98.6 Å². The molecule has 0 spiro atoms. The van der Waals surface area contributed by atoms with Gasteiger partial charge in [0.15, 0.2) is 11.6 Å². The molecule has 0 N–H and O–H groups in total. The van der Waals surface area contributed by atoms with Crippen molar-refractivity contribution in [2.45, 2.75) is 70.6 Å². The predicted octanol–water partition coefficient (Wildman–Crippen LogP) is 5.12. The number of carbonyl (C=O) groups excluding carboxylic acids is 2. The number of nitrogens with zero attached hydrogens (tertiary/aromatic N) is 3. The minimum Gasteiger partial charge on any atom is -0.379 e. The maximum Gasteiger partial charge on any atom is 0.183 e. The van der Waals surface area contributed by atoms with E-state index in [4.69, 9.17) is 9.47 Å². The summed E-state index contributed by atoms with van der Waals surface area (Å²) in [6, 6.07) is 18.2. The molecule has 226 valence electrons. The van der Waals surface area contributed by atoms with Gasteiger partial charge in [-0.15, -0.1) is 0 Å². The van der Waals surface area contributed by atoms with Crippen LogP contribution in [0.1, 0.15) is 63.4 Å². The second-order valence-electron chi connectivity index (χ2n) is 12.8. The fourth-order valence-corrected chi connectivity index (χ4v) is 5.09. The van der Waals surface area contributed by atoms with Crippen molar-refractivity contribution in [3.05, 3.63) is 65.7 Å². The van der Waals surface area contributed by atoms with Crippen molar-refractivity contribution in [2.75, 3.05) is 65.4 Å². The van der Waals surface area contributed by atoms with Crippen molar-refractivity contribution >= 4 is 17.3 Å². The predicted molar refractivity (Wildman–Crippen MR) is 167 cm³/mol. The molecule has 1 fully saturated rings. The Morgan fingerprint density at radius 2 is 1.49 bits per heavy atom. The number of hydrogen-bond acceptors (Lipinski definition) is 7. The fraction of sp³-hybridized carbons (Fsp3) is 0.588. The number of carbonyl (C=O) groups is 2. The molecule has 2 aromatic rings. The second-order valence-corrected chi connectivity index (χ2v) is 12.8. The van der Waals surface area contributed by atoms with Crippen LogP contribution in [0.5, 0.6) is 0 Å². The number of anilines is 1. The van der Waals surface area contributed by atoms with Crippen LogP contribution in [0.25, 0.3) is 0 Å². The summed E-state index contributed by atoms with van der Waals surface area (Å²) in [6.45, 7) is 14.6. The summed E-state index contributed by atoms with van der Waals surface area (Å²) in [7, 11) is 5.64. The Morgan fingerprint density at radius 1 is 0.878 bits per heavy atom. The van der Waals surface area contributed by atoms with E-state index >= 15 is 0 Å². The zero-order chi connectivity index (χ0) is 30.3. The molecule has 0 aliphatic carbocycles. The zero-order valence-corrected chi connectivity index (χ0v) is 26.5. The van der Waals surface area contributed by atoms with Crippen molar-refractivity contribution in [1.29, 1.82) is 0 Å². The third kappa shape index (κ3) is 8.95. The highest BCUT2D eigenvalue weighted by Gasteiger charge is 2.36. The number of rotatable bonds is 15. The molecule has 3 rings (SSSR count). The van der Waals surface area contributed by atoms with Crippen LogP contribution in [0, 0.1) is 0 Å². The molecule has 7 nitrogen and oxygen atoms in total. The normalized spacial score (nSPS) is 16.6. The van der Waals surface area contributed by atoms with Gasteiger partial charge in [0.1, 0.15) is 5.60 Å². The smallest absolute Gasteiger partial charge is 0.183 e. The fourth-order valence-electron chi connectivity index (χ4n) is 5.09. The van der Waals surface area contributed by atoms with Gasteiger partial charge in [-0.2, -0.15) is 0 Å². The lowest BCUT2D eigenvalue weighted by Gasteiger charge is -2.37. The average molecular weight is 566 g/mol. The Kier molecular flexibility index (Phi) is 11.3. The summed E-state index contributed by atoms with van der Waals surface area (Å²) >= 11 is 0. The van der Waals surface area contributed by atoms with E-state index in [0.29, 0.717) is 19.4 Å². The molecule has 0 aromatic heterocycles. The number of benzene rings is 2. The number of hydrogen-bond donors (Lipinski definition) is 0. The van der Waals surface area contributed by atoms with E-state index in [1.165, 1.54) is 0 Å². The number of likely N-dealkylation sites (N-methyl/N-ethyl adjacent to an activating group) is 1. The van der Waals surface area contributed by atoms with E-state index in [1.54, 1.807) is 7.11 Å². The topological polar surface area (TPSA) is 62.3 Å². The summed E-state index contributed by atoms with van der Waals surface area (Å²) in [5.41, 5.74) is 1.31. The first-order valence-corrected chi connectivity index (χ1v) is 14.8. The largest absolute Gasteiger partial charge is 0.379 e. The minimum atomic E-state index is -0.797. The number of methoxy groups -OCH3 is 1. The highest BCUT2D eigenvalue weighted by Crippen LogP contribution is 2.26. The van der Waals surface area contributed by atoms with Gasteiger partial charge in [0.2, 0.25) is 0 Å². The number of Topliss-reactive ketones (excluding diaryl/α,β-unsaturated/α-hetero) is 2. The van der Waals surface area contributed by atoms with E-state index in [9.17, 15) is 9.59 Å². The average Bonchev–Trinajstić information content (AvgIpc) is 2.96. The third-order valence-electron chi connectivity index (χ3n) is 8.78. The first kappa shape index (κ1) is 32.9. The molecule has 1 aliphatic heterocycles. The molecule has 1 saturated heterocycles. The Morgan fingerprint density at radius 3 is 2.05 bits per heavy atom. The highest BCUT2D eigenvalue weighted by molar-refractivity contribution is 6.03. The molecule has 0 bridgehead atoms. The molecule has 0 saturated carbocycles. The quantitative estimate of drug-likeness (QED) is 0.278. The number of ether oxygens (including phenoxy) is 2. The third-order valence-corrected chi connectivity index (χ3v) is 8.78. The lowest BCUT2D eigenvalue weighted by Crippen LogP contribution is -2.50. The number of piperazine rings is 1. The lowest BCUT2D eigenvalue weighted by atomic mass is 9.84. The zero-order valence-electron chi connectivity index (χ0n) is 26.5. The molecule has 0 amide bonds.